The molecular weight excluding hydrogens is 362 g/mol. The highest BCUT2D eigenvalue weighted by atomic mass is 35.5. The van der Waals surface area contributed by atoms with Crippen molar-refractivity contribution in [2.24, 2.45) is 0 Å². The van der Waals surface area contributed by atoms with Gasteiger partial charge in [-0.25, -0.2) is 0 Å². The molecule has 1 amide bonds. The summed E-state index contributed by atoms with van der Waals surface area (Å²) in [5.41, 5.74) is 1.70. The van der Waals surface area contributed by atoms with Gasteiger partial charge in [-0.3, -0.25) is 9.78 Å². The SMILES string of the molecule is O=C(c1ccc(N2CCCC2)c(Cl)c1)N1CCC(Oc2ccncc2)CC1. The van der Waals surface area contributed by atoms with Gasteiger partial charge in [0, 0.05) is 57.0 Å². The molecule has 3 heterocycles. The fourth-order valence-corrected chi connectivity index (χ4v) is 4.12. The van der Waals surface area contributed by atoms with Gasteiger partial charge >= 0.3 is 0 Å². The van der Waals surface area contributed by atoms with Crippen LogP contribution in [0, 0.1) is 0 Å². The van der Waals surface area contributed by atoms with E-state index in [-0.39, 0.29) is 12.0 Å². The minimum Gasteiger partial charge on any atom is -0.490 e. The molecule has 0 saturated carbocycles. The Morgan fingerprint density at radius 1 is 1.04 bits per heavy atom. The number of rotatable bonds is 4. The summed E-state index contributed by atoms with van der Waals surface area (Å²) in [7, 11) is 0. The van der Waals surface area contributed by atoms with E-state index in [9.17, 15) is 4.79 Å². The number of anilines is 1. The Bertz CT molecular complexity index is 785. The fraction of sp³-hybridized carbons (Fsp3) is 0.429. The maximum absolute atomic E-state index is 12.9. The molecule has 4 rings (SSSR count). The minimum absolute atomic E-state index is 0.0484. The van der Waals surface area contributed by atoms with E-state index >= 15 is 0 Å². The van der Waals surface area contributed by atoms with Crippen molar-refractivity contribution >= 4 is 23.2 Å². The first-order valence-corrected chi connectivity index (χ1v) is 9.99. The highest BCUT2D eigenvalue weighted by Gasteiger charge is 2.25. The van der Waals surface area contributed by atoms with Crippen LogP contribution in [0.4, 0.5) is 5.69 Å². The van der Waals surface area contributed by atoms with Crippen molar-refractivity contribution in [1.29, 1.82) is 0 Å². The molecule has 0 spiro atoms. The predicted octanol–water partition coefficient (Wildman–Crippen LogP) is 4.02. The number of carbonyl (C=O) groups excluding carboxylic acids is 1. The summed E-state index contributed by atoms with van der Waals surface area (Å²) in [6.45, 7) is 3.47. The van der Waals surface area contributed by atoms with E-state index in [1.165, 1.54) is 12.8 Å². The van der Waals surface area contributed by atoms with Crippen LogP contribution in [0.25, 0.3) is 0 Å². The average Bonchev–Trinajstić information content (AvgIpc) is 3.23. The standard InChI is InChI=1S/C21H24ClN3O2/c22-19-15-16(3-4-20(19)24-11-1-2-12-24)21(26)25-13-7-18(8-14-25)27-17-5-9-23-10-6-17/h3-6,9-10,15,18H,1-2,7-8,11-14H2. The van der Waals surface area contributed by atoms with E-state index in [0.717, 1.165) is 37.4 Å². The van der Waals surface area contributed by atoms with Crippen LogP contribution in [0.15, 0.2) is 42.7 Å². The van der Waals surface area contributed by atoms with E-state index in [1.54, 1.807) is 12.4 Å². The lowest BCUT2D eigenvalue weighted by molar-refractivity contribution is 0.0595. The number of likely N-dealkylation sites (tertiary alicyclic amines) is 1. The molecule has 2 fully saturated rings. The third kappa shape index (κ3) is 4.19. The minimum atomic E-state index is 0.0484. The largest absolute Gasteiger partial charge is 0.490 e. The molecule has 0 radical (unpaired) electrons. The molecular formula is C21H24ClN3O2. The van der Waals surface area contributed by atoms with Gasteiger partial charge in [0.25, 0.3) is 5.91 Å². The zero-order chi connectivity index (χ0) is 18.6. The molecule has 27 heavy (non-hydrogen) atoms. The van der Waals surface area contributed by atoms with Gasteiger partial charge in [0.1, 0.15) is 11.9 Å². The van der Waals surface area contributed by atoms with Crippen molar-refractivity contribution in [1.82, 2.24) is 9.88 Å². The van der Waals surface area contributed by atoms with Gasteiger partial charge in [0.15, 0.2) is 0 Å². The molecule has 0 unspecified atom stereocenters. The van der Waals surface area contributed by atoms with Crippen molar-refractivity contribution in [3.63, 3.8) is 0 Å². The first kappa shape index (κ1) is 18.1. The number of carbonyl (C=O) groups is 1. The quantitative estimate of drug-likeness (QED) is 0.797. The number of aromatic nitrogens is 1. The Morgan fingerprint density at radius 2 is 1.74 bits per heavy atom. The lowest BCUT2D eigenvalue weighted by atomic mass is 10.1. The normalized spacial score (nSPS) is 18.0. The number of nitrogens with zero attached hydrogens (tertiary/aromatic N) is 3. The maximum Gasteiger partial charge on any atom is 0.253 e. The monoisotopic (exact) mass is 385 g/mol. The number of hydrogen-bond donors (Lipinski definition) is 0. The summed E-state index contributed by atoms with van der Waals surface area (Å²) in [5, 5.41) is 0.665. The molecule has 142 valence electrons. The average molecular weight is 386 g/mol. The fourth-order valence-electron chi connectivity index (χ4n) is 3.82. The van der Waals surface area contributed by atoms with Crippen LogP contribution in [0.3, 0.4) is 0 Å². The summed E-state index contributed by atoms with van der Waals surface area (Å²) in [4.78, 5) is 21.0. The molecule has 0 aliphatic carbocycles. The molecule has 0 atom stereocenters. The van der Waals surface area contributed by atoms with Gasteiger partial charge in [-0.1, -0.05) is 11.6 Å². The number of halogens is 1. The molecule has 6 heteroatoms. The molecule has 2 saturated heterocycles. The number of hydrogen-bond acceptors (Lipinski definition) is 4. The summed E-state index contributed by atoms with van der Waals surface area (Å²) in [6.07, 6.45) is 7.65. The van der Waals surface area contributed by atoms with E-state index in [0.29, 0.717) is 23.7 Å². The van der Waals surface area contributed by atoms with E-state index in [1.807, 2.05) is 35.2 Å². The zero-order valence-electron chi connectivity index (χ0n) is 15.3. The molecule has 1 aromatic carbocycles. The van der Waals surface area contributed by atoms with E-state index in [4.69, 9.17) is 16.3 Å². The molecule has 0 bridgehead atoms. The summed E-state index contributed by atoms with van der Waals surface area (Å²) in [5.74, 6) is 0.881. The number of amides is 1. The Hall–Kier alpha value is -2.27. The van der Waals surface area contributed by atoms with Crippen molar-refractivity contribution in [2.45, 2.75) is 31.8 Å². The number of piperidine rings is 1. The van der Waals surface area contributed by atoms with Gasteiger partial charge in [-0.2, -0.15) is 0 Å². The Kier molecular flexibility index (Phi) is 5.48. The maximum atomic E-state index is 12.9. The van der Waals surface area contributed by atoms with Gasteiger partial charge in [0.05, 0.1) is 10.7 Å². The van der Waals surface area contributed by atoms with Crippen LogP contribution in [0.1, 0.15) is 36.0 Å². The van der Waals surface area contributed by atoms with Crippen LogP contribution in [0.2, 0.25) is 5.02 Å². The van der Waals surface area contributed by atoms with Crippen LogP contribution in [0.5, 0.6) is 5.75 Å². The molecule has 1 aromatic heterocycles. The van der Waals surface area contributed by atoms with Gasteiger partial charge in [-0.05, 0) is 43.2 Å². The lowest BCUT2D eigenvalue weighted by Gasteiger charge is -2.32. The van der Waals surface area contributed by atoms with Gasteiger partial charge in [-0.15, -0.1) is 0 Å². The predicted molar refractivity (Wildman–Crippen MR) is 107 cm³/mol. The molecule has 2 aromatic rings. The second-order valence-electron chi connectivity index (χ2n) is 7.15. The molecule has 0 N–H and O–H groups in total. The van der Waals surface area contributed by atoms with Crippen LogP contribution in [-0.4, -0.2) is 48.1 Å². The lowest BCUT2D eigenvalue weighted by Crippen LogP contribution is -2.41. The smallest absolute Gasteiger partial charge is 0.253 e. The topological polar surface area (TPSA) is 45.7 Å². The first-order chi connectivity index (χ1) is 13.2. The first-order valence-electron chi connectivity index (χ1n) is 9.61. The Morgan fingerprint density at radius 3 is 2.41 bits per heavy atom. The second-order valence-corrected chi connectivity index (χ2v) is 7.56. The van der Waals surface area contributed by atoms with Crippen molar-refractivity contribution in [3.05, 3.63) is 53.3 Å². The second kappa shape index (κ2) is 8.17. The third-order valence-corrected chi connectivity index (χ3v) is 5.63. The number of benzene rings is 1. The third-order valence-electron chi connectivity index (χ3n) is 5.32. The Labute approximate surface area is 164 Å². The van der Waals surface area contributed by atoms with Crippen LogP contribution < -0.4 is 9.64 Å². The highest BCUT2D eigenvalue weighted by Crippen LogP contribution is 2.30. The molecule has 5 nitrogen and oxygen atoms in total. The number of pyridine rings is 1. The Balaban J connectivity index is 1.35. The van der Waals surface area contributed by atoms with E-state index < -0.39 is 0 Å². The summed E-state index contributed by atoms with van der Waals surface area (Å²) >= 11 is 6.47. The highest BCUT2D eigenvalue weighted by molar-refractivity contribution is 6.33. The molecule has 2 aliphatic rings. The van der Waals surface area contributed by atoms with Gasteiger partial charge < -0.3 is 14.5 Å². The summed E-state index contributed by atoms with van der Waals surface area (Å²) < 4.78 is 5.98. The van der Waals surface area contributed by atoms with Crippen molar-refractivity contribution in [2.75, 3.05) is 31.1 Å². The van der Waals surface area contributed by atoms with E-state index in [2.05, 4.69) is 9.88 Å². The van der Waals surface area contributed by atoms with Crippen LogP contribution in [-0.2, 0) is 0 Å². The number of ether oxygens (including phenoxy) is 1. The van der Waals surface area contributed by atoms with Crippen LogP contribution >= 0.6 is 11.6 Å². The van der Waals surface area contributed by atoms with Crippen molar-refractivity contribution < 1.29 is 9.53 Å². The molecule has 2 aliphatic heterocycles. The van der Waals surface area contributed by atoms with Crippen molar-refractivity contribution in [3.8, 4) is 5.75 Å². The summed E-state index contributed by atoms with van der Waals surface area (Å²) in [6, 6.07) is 9.43. The zero-order valence-corrected chi connectivity index (χ0v) is 16.1. The van der Waals surface area contributed by atoms with Gasteiger partial charge in [0.2, 0.25) is 0 Å².